The lowest BCUT2D eigenvalue weighted by Crippen LogP contribution is -2.38. The Hall–Kier alpha value is -1.69. The Bertz CT molecular complexity index is 448. The van der Waals surface area contributed by atoms with Crippen LogP contribution in [0.1, 0.15) is 12.5 Å². The average molecular weight is 296 g/mol. The van der Waals surface area contributed by atoms with E-state index >= 15 is 0 Å². The normalized spacial score (nSPS) is 11.7. The van der Waals surface area contributed by atoms with Gasteiger partial charge in [0.15, 0.2) is 0 Å². The molecule has 0 saturated heterocycles. The van der Waals surface area contributed by atoms with Crippen LogP contribution in [0.25, 0.3) is 0 Å². The first kappa shape index (κ1) is 16.4. The average Bonchev–Trinajstić information content (AvgIpc) is 2.37. The minimum atomic E-state index is -0.418. The standard InChI is InChI=1S/C14H20N2O3S/c1-10-3-5-12(6-4-10)19-7-11(2)16-14(18)9-20-8-13(15)17/h3-6,11H,7-9H2,1-2H3,(H2,15,17)(H,16,18)/t11-/m1/s1. The molecule has 0 aliphatic rings. The van der Waals surface area contributed by atoms with Crippen molar-refractivity contribution in [1.29, 1.82) is 0 Å². The Kier molecular flexibility index (Phi) is 6.93. The van der Waals surface area contributed by atoms with Crippen LogP contribution in [0.5, 0.6) is 5.75 Å². The number of carbonyl (C=O) groups excluding carboxylic acids is 2. The topological polar surface area (TPSA) is 81.4 Å². The summed E-state index contributed by atoms with van der Waals surface area (Å²) >= 11 is 1.20. The first-order valence-corrected chi connectivity index (χ1v) is 7.47. The summed E-state index contributed by atoms with van der Waals surface area (Å²) in [6.07, 6.45) is 0. The molecular formula is C14H20N2O3S. The van der Waals surface area contributed by atoms with Crippen molar-refractivity contribution >= 4 is 23.6 Å². The van der Waals surface area contributed by atoms with Gasteiger partial charge in [0.25, 0.3) is 0 Å². The highest BCUT2D eigenvalue weighted by atomic mass is 32.2. The van der Waals surface area contributed by atoms with E-state index in [0.29, 0.717) is 6.61 Å². The molecule has 0 fully saturated rings. The SMILES string of the molecule is Cc1ccc(OC[C@@H](C)NC(=O)CSCC(N)=O)cc1. The van der Waals surface area contributed by atoms with E-state index in [1.165, 1.54) is 17.3 Å². The molecule has 0 aromatic heterocycles. The molecule has 1 aromatic carbocycles. The number of thioether (sulfide) groups is 1. The third-order valence-corrected chi connectivity index (χ3v) is 3.36. The second-order valence-electron chi connectivity index (χ2n) is 4.55. The highest BCUT2D eigenvalue weighted by Crippen LogP contribution is 2.11. The lowest BCUT2D eigenvalue weighted by molar-refractivity contribution is -0.119. The fourth-order valence-corrected chi connectivity index (χ4v) is 2.03. The fraction of sp³-hybridized carbons (Fsp3) is 0.429. The molecule has 0 bridgehead atoms. The predicted molar refractivity (Wildman–Crippen MR) is 80.8 cm³/mol. The van der Waals surface area contributed by atoms with Crippen molar-refractivity contribution in [2.24, 2.45) is 5.73 Å². The number of ether oxygens (including phenoxy) is 1. The van der Waals surface area contributed by atoms with Gasteiger partial charge in [-0.05, 0) is 26.0 Å². The van der Waals surface area contributed by atoms with Gasteiger partial charge in [-0.2, -0.15) is 0 Å². The maximum absolute atomic E-state index is 11.6. The Morgan fingerprint density at radius 3 is 2.55 bits per heavy atom. The van der Waals surface area contributed by atoms with E-state index in [0.717, 1.165) is 5.75 Å². The first-order chi connectivity index (χ1) is 9.47. The van der Waals surface area contributed by atoms with Crippen LogP contribution < -0.4 is 15.8 Å². The van der Waals surface area contributed by atoms with Crippen LogP contribution >= 0.6 is 11.8 Å². The van der Waals surface area contributed by atoms with Crippen LogP contribution in [-0.4, -0.2) is 36.0 Å². The number of hydrogen-bond acceptors (Lipinski definition) is 4. The third kappa shape index (κ3) is 7.04. The van der Waals surface area contributed by atoms with Gasteiger partial charge in [-0.15, -0.1) is 11.8 Å². The summed E-state index contributed by atoms with van der Waals surface area (Å²) in [5.41, 5.74) is 6.16. The molecule has 1 aromatic rings. The Balaban J connectivity index is 2.22. The van der Waals surface area contributed by atoms with E-state index in [9.17, 15) is 9.59 Å². The lowest BCUT2D eigenvalue weighted by atomic mass is 10.2. The fourth-order valence-electron chi connectivity index (χ4n) is 1.46. The van der Waals surface area contributed by atoms with E-state index < -0.39 is 5.91 Å². The molecule has 6 heteroatoms. The van der Waals surface area contributed by atoms with Gasteiger partial charge in [0.2, 0.25) is 11.8 Å². The maximum atomic E-state index is 11.6. The van der Waals surface area contributed by atoms with Crippen molar-refractivity contribution in [3.05, 3.63) is 29.8 Å². The number of hydrogen-bond donors (Lipinski definition) is 2. The van der Waals surface area contributed by atoms with Crippen LogP contribution in [0.15, 0.2) is 24.3 Å². The second kappa shape index (κ2) is 8.47. The number of nitrogens with one attached hydrogen (secondary N) is 1. The molecule has 2 amide bonds. The summed E-state index contributed by atoms with van der Waals surface area (Å²) in [6, 6.07) is 7.63. The van der Waals surface area contributed by atoms with Crippen molar-refractivity contribution in [2.75, 3.05) is 18.1 Å². The molecule has 0 unspecified atom stereocenters. The molecule has 0 aliphatic heterocycles. The van der Waals surface area contributed by atoms with Crippen molar-refractivity contribution in [3.63, 3.8) is 0 Å². The van der Waals surface area contributed by atoms with Crippen LogP contribution in [0.2, 0.25) is 0 Å². The van der Waals surface area contributed by atoms with E-state index in [1.54, 1.807) is 0 Å². The molecule has 0 saturated carbocycles. The van der Waals surface area contributed by atoms with Crippen molar-refractivity contribution in [3.8, 4) is 5.75 Å². The van der Waals surface area contributed by atoms with E-state index in [2.05, 4.69) is 5.32 Å². The van der Waals surface area contributed by atoms with Gasteiger partial charge < -0.3 is 15.8 Å². The Morgan fingerprint density at radius 1 is 1.30 bits per heavy atom. The van der Waals surface area contributed by atoms with Crippen molar-refractivity contribution < 1.29 is 14.3 Å². The zero-order chi connectivity index (χ0) is 15.0. The summed E-state index contributed by atoms with van der Waals surface area (Å²) in [6.45, 7) is 4.27. The smallest absolute Gasteiger partial charge is 0.230 e. The van der Waals surface area contributed by atoms with E-state index in [1.807, 2.05) is 38.1 Å². The number of benzene rings is 1. The summed E-state index contributed by atoms with van der Waals surface area (Å²) in [5, 5.41) is 2.80. The second-order valence-corrected chi connectivity index (χ2v) is 5.54. The molecule has 20 heavy (non-hydrogen) atoms. The van der Waals surface area contributed by atoms with Crippen LogP contribution in [0, 0.1) is 6.92 Å². The third-order valence-electron chi connectivity index (χ3n) is 2.41. The number of carbonyl (C=O) groups is 2. The summed E-state index contributed by atoms with van der Waals surface area (Å²) in [7, 11) is 0. The molecular weight excluding hydrogens is 276 g/mol. The van der Waals surface area contributed by atoms with Gasteiger partial charge >= 0.3 is 0 Å². The van der Waals surface area contributed by atoms with Gasteiger partial charge in [0, 0.05) is 0 Å². The Labute approximate surface area is 123 Å². The number of aryl methyl sites for hydroxylation is 1. The predicted octanol–water partition coefficient (Wildman–Crippen LogP) is 1.10. The molecule has 5 nitrogen and oxygen atoms in total. The van der Waals surface area contributed by atoms with Gasteiger partial charge in [-0.3, -0.25) is 9.59 Å². The number of rotatable bonds is 8. The minimum Gasteiger partial charge on any atom is -0.491 e. The molecule has 0 radical (unpaired) electrons. The number of primary amides is 1. The van der Waals surface area contributed by atoms with Gasteiger partial charge in [-0.1, -0.05) is 17.7 Å². The summed E-state index contributed by atoms with van der Waals surface area (Å²) in [4.78, 5) is 22.1. The molecule has 3 N–H and O–H groups in total. The summed E-state index contributed by atoms with van der Waals surface area (Å²) < 4.78 is 5.57. The zero-order valence-corrected chi connectivity index (χ0v) is 12.5. The first-order valence-electron chi connectivity index (χ1n) is 6.32. The van der Waals surface area contributed by atoms with Crippen LogP contribution in [0.3, 0.4) is 0 Å². The molecule has 0 spiro atoms. The molecule has 0 aliphatic carbocycles. The largest absolute Gasteiger partial charge is 0.491 e. The van der Waals surface area contributed by atoms with Gasteiger partial charge in [0.1, 0.15) is 12.4 Å². The molecule has 1 atom stereocenters. The highest BCUT2D eigenvalue weighted by Gasteiger charge is 2.08. The maximum Gasteiger partial charge on any atom is 0.230 e. The highest BCUT2D eigenvalue weighted by molar-refractivity contribution is 8.00. The minimum absolute atomic E-state index is 0.0991. The lowest BCUT2D eigenvalue weighted by Gasteiger charge is -2.15. The van der Waals surface area contributed by atoms with E-state index in [4.69, 9.17) is 10.5 Å². The molecule has 1 rings (SSSR count). The van der Waals surface area contributed by atoms with E-state index in [-0.39, 0.29) is 23.5 Å². The Morgan fingerprint density at radius 2 is 1.95 bits per heavy atom. The van der Waals surface area contributed by atoms with Crippen molar-refractivity contribution in [2.45, 2.75) is 19.9 Å². The monoisotopic (exact) mass is 296 g/mol. The molecule has 110 valence electrons. The van der Waals surface area contributed by atoms with Crippen molar-refractivity contribution in [1.82, 2.24) is 5.32 Å². The molecule has 0 heterocycles. The zero-order valence-electron chi connectivity index (χ0n) is 11.7. The number of amides is 2. The van der Waals surface area contributed by atoms with Crippen LogP contribution in [-0.2, 0) is 9.59 Å². The number of nitrogens with two attached hydrogens (primary N) is 1. The quantitative estimate of drug-likeness (QED) is 0.752. The van der Waals surface area contributed by atoms with Gasteiger partial charge in [-0.25, -0.2) is 0 Å². The summed E-state index contributed by atoms with van der Waals surface area (Å²) in [5.74, 6) is 0.606. The van der Waals surface area contributed by atoms with Gasteiger partial charge in [0.05, 0.1) is 17.5 Å². The van der Waals surface area contributed by atoms with Crippen LogP contribution in [0.4, 0.5) is 0 Å².